The Kier molecular flexibility index (Phi) is 5.33. The second-order valence-electron chi connectivity index (χ2n) is 4.85. The molecular weight excluding hydrogens is 385 g/mol. The van der Waals surface area contributed by atoms with Crippen molar-refractivity contribution in [3.8, 4) is 0 Å². The first kappa shape index (κ1) is 17.8. The van der Waals surface area contributed by atoms with Crippen LogP contribution in [-0.2, 0) is 14.8 Å². The number of hydrazine groups is 1. The number of para-hydroxylation sites is 1. The van der Waals surface area contributed by atoms with Crippen LogP contribution in [0.4, 0.5) is 4.39 Å². The lowest BCUT2D eigenvalue weighted by Crippen LogP contribution is -2.42. The first-order valence-corrected chi connectivity index (χ1v) is 10.3. The SMILES string of the molecule is O=C(CSc1nc2ccccc2s1)NNS(=O)(=O)c1cccc(F)c1. The van der Waals surface area contributed by atoms with Gasteiger partial charge >= 0.3 is 0 Å². The van der Waals surface area contributed by atoms with Crippen molar-refractivity contribution in [2.45, 2.75) is 9.24 Å². The molecule has 1 amide bonds. The van der Waals surface area contributed by atoms with Crippen molar-refractivity contribution in [2.75, 3.05) is 5.75 Å². The Balaban J connectivity index is 1.55. The van der Waals surface area contributed by atoms with E-state index in [4.69, 9.17) is 0 Å². The lowest BCUT2D eigenvalue weighted by atomic mass is 10.3. The van der Waals surface area contributed by atoms with Gasteiger partial charge in [-0.2, -0.15) is 0 Å². The molecule has 0 unspecified atom stereocenters. The van der Waals surface area contributed by atoms with E-state index in [1.807, 2.05) is 29.1 Å². The topological polar surface area (TPSA) is 88.2 Å². The Morgan fingerprint density at radius 2 is 2.00 bits per heavy atom. The van der Waals surface area contributed by atoms with E-state index in [0.29, 0.717) is 4.34 Å². The highest BCUT2D eigenvalue weighted by molar-refractivity contribution is 8.01. The van der Waals surface area contributed by atoms with E-state index in [2.05, 4.69) is 10.4 Å². The van der Waals surface area contributed by atoms with Crippen molar-refractivity contribution < 1.29 is 17.6 Å². The van der Waals surface area contributed by atoms with Crippen LogP contribution >= 0.6 is 23.1 Å². The fourth-order valence-corrected chi connectivity index (χ4v) is 4.65. The summed E-state index contributed by atoms with van der Waals surface area (Å²) in [7, 11) is -4.03. The summed E-state index contributed by atoms with van der Waals surface area (Å²) in [6.45, 7) is 0. The third-order valence-corrected chi connectivity index (χ3v) is 6.46. The molecule has 0 fully saturated rings. The van der Waals surface area contributed by atoms with E-state index in [0.717, 1.165) is 22.3 Å². The fourth-order valence-electron chi connectivity index (χ4n) is 1.89. The van der Waals surface area contributed by atoms with Crippen molar-refractivity contribution >= 4 is 49.2 Å². The summed E-state index contributed by atoms with van der Waals surface area (Å²) >= 11 is 2.66. The number of thiazole rings is 1. The monoisotopic (exact) mass is 397 g/mol. The number of nitrogens with zero attached hydrogens (tertiary/aromatic N) is 1. The molecule has 10 heteroatoms. The number of rotatable bonds is 6. The molecule has 1 heterocycles. The van der Waals surface area contributed by atoms with Gasteiger partial charge in [-0.1, -0.05) is 30.0 Å². The van der Waals surface area contributed by atoms with E-state index in [1.165, 1.54) is 35.2 Å². The van der Waals surface area contributed by atoms with Gasteiger partial charge in [-0.3, -0.25) is 10.2 Å². The van der Waals surface area contributed by atoms with Crippen LogP contribution in [0.25, 0.3) is 10.2 Å². The average molecular weight is 397 g/mol. The van der Waals surface area contributed by atoms with Crippen molar-refractivity contribution in [1.82, 2.24) is 15.2 Å². The van der Waals surface area contributed by atoms with Gasteiger partial charge in [0.25, 0.3) is 10.0 Å². The predicted molar refractivity (Wildman–Crippen MR) is 95.2 cm³/mol. The van der Waals surface area contributed by atoms with Gasteiger partial charge in [0.2, 0.25) is 5.91 Å². The van der Waals surface area contributed by atoms with Crippen LogP contribution in [0, 0.1) is 5.82 Å². The molecule has 3 aromatic rings. The second kappa shape index (κ2) is 7.48. The maximum Gasteiger partial charge on any atom is 0.257 e. The van der Waals surface area contributed by atoms with Crippen molar-refractivity contribution in [2.24, 2.45) is 0 Å². The number of hydrogen-bond acceptors (Lipinski definition) is 6. The smallest absolute Gasteiger partial charge is 0.257 e. The summed E-state index contributed by atoms with van der Waals surface area (Å²) in [6.07, 6.45) is 0. The quantitative estimate of drug-likeness (QED) is 0.493. The summed E-state index contributed by atoms with van der Waals surface area (Å²) in [5.74, 6) is -1.23. The number of carbonyl (C=O) groups excluding carboxylic acids is 1. The van der Waals surface area contributed by atoms with Gasteiger partial charge in [0.1, 0.15) is 5.82 Å². The van der Waals surface area contributed by atoms with Gasteiger partial charge in [-0.15, -0.1) is 16.2 Å². The molecule has 0 saturated heterocycles. The van der Waals surface area contributed by atoms with E-state index >= 15 is 0 Å². The molecule has 0 bridgehead atoms. The number of benzene rings is 2. The van der Waals surface area contributed by atoms with Gasteiger partial charge in [0.15, 0.2) is 4.34 Å². The minimum Gasteiger partial charge on any atom is -0.277 e. The van der Waals surface area contributed by atoms with Crippen LogP contribution in [0.1, 0.15) is 0 Å². The largest absolute Gasteiger partial charge is 0.277 e. The number of carbonyl (C=O) groups is 1. The fraction of sp³-hybridized carbons (Fsp3) is 0.0667. The molecule has 0 saturated carbocycles. The van der Waals surface area contributed by atoms with Gasteiger partial charge in [-0.25, -0.2) is 17.8 Å². The molecule has 3 rings (SSSR count). The summed E-state index contributed by atoms with van der Waals surface area (Å²) in [4.78, 5) is 17.9. The van der Waals surface area contributed by atoms with Gasteiger partial charge in [-0.05, 0) is 30.3 Å². The van der Waals surface area contributed by atoms with E-state index in [1.54, 1.807) is 0 Å². The zero-order valence-electron chi connectivity index (χ0n) is 12.6. The normalized spacial score (nSPS) is 11.6. The molecule has 0 aliphatic rings. The summed E-state index contributed by atoms with van der Waals surface area (Å²) in [5.41, 5.74) is 2.95. The Hall–Kier alpha value is -2.01. The third-order valence-electron chi connectivity index (χ3n) is 3.03. The first-order chi connectivity index (χ1) is 11.9. The van der Waals surface area contributed by atoms with Crippen molar-refractivity contribution in [1.29, 1.82) is 0 Å². The van der Waals surface area contributed by atoms with E-state index in [9.17, 15) is 17.6 Å². The van der Waals surface area contributed by atoms with Crippen LogP contribution in [-0.4, -0.2) is 25.1 Å². The Morgan fingerprint density at radius 3 is 2.76 bits per heavy atom. The first-order valence-electron chi connectivity index (χ1n) is 6.99. The molecule has 130 valence electrons. The number of thioether (sulfide) groups is 1. The number of aromatic nitrogens is 1. The Labute approximate surface area is 151 Å². The number of nitrogens with one attached hydrogen (secondary N) is 2. The van der Waals surface area contributed by atoms with E-state index in [-0.39, 0.29) is 10.6 Å². The molecule has 0 aliphatic carbocycles. The lowest BCUT2D eigenvalue weighted by Gasteiger charge is -2.07. The minimum absolute atomic E-state index is 0.00844. The average Bonchev–Trinajstić information content (AvgIpc) is 3.01. The highest BCUT2D eigenvalue weighted by Crippen LogP contribution is 2.28. The molecule has 25 heavy (non-hydrogen) atoms. The number of amides is 1. The van der Waals surface area contributed by atoms with Crippen molar-refractivity contribution in [3.63, 3.8) is 0 Å². The maximum absolute atomic E-state index is 13.1. The van der Waals surface area contributed by atoms with Crippen LogP contribution < -0.4 is 10.3 Å². The van der Waals surface area contributed by atoms with Crippen LogP contribution in [0.5, 0.6) is 0 Å². The van der Waals surface area contributed by atoms with Gasteiger partial charge < -0.3 is 0 Å². The molecule has 0 atom stereocenters. The molecule has 6 nitrogen and oxygen atoms in total. The second-order valence-corrected chi connectivity index (χ2v) is 8.78. The molecule has 1 aromatic heterocycles. The molecule has 0 radical (unpaired) electrons. The summed E-state index contributed by atoms with van der Waals surface area (Å²) < 4.78 is 38.8. The van der Waals surface area contributed by atoms with Crippen LogP contribution in [0.15, 0.2) is 57.8 Å². The number of sulfonamides is 1. The minimum atomic E-state index is -4.03. The van der Waals surface area contributed by atoms with Gasteiger partial charge in [0.05, 0.1) is 20.9 Å². The molecule has 2 N–H and O–H groups in total. The predicted octanol–water partition coefficient (Wildman–Crippen LogP) is 2.54. The van der Waals surface area contributed by atoms with Gasteiger partial charge in [0, 0.05) is 0 Å². The molecule has 2 aromatic carbocycles. The standard InChI is InChI=1S/C15H12FN3O3S3/c16-10-4-3-5-11(8-10)25(21,22)19-18-14(20)9-23-15-17-12-6-1-2-7-13(12)24-15/h1-8,19H,9H2,(H,18,20). The lowest BCUT2D eigenvalue weighted by molar-refractivity contribution is -0.119. The van der Waals surface area contributed by atoms with Crippen LogP contribution in [0.3, 0.4) is 0 Å². The maximum atomic E-state index is 13.1. The highest BCUT2D eigenvalue weighted by atomic mass is 32.2. The van der Waals surface area contributed by atoms with E-state index < -0.39 is 21.7 Å². The molecule has 0 aliphatic heterocycles. The third kappa shape index (κ3) is 4.54. The zero-order chi connectivity index (χ0) is 17.9. The zero-order valence-corrected chi connectivity index (χ0v) is 15.1. The number of halogens is 1. The van der Waals surface area contributed by atoms with Crippen LogP contribution in [0.2, 0.25) is 0 Å². The highest BCUT2D eigenvalue weighted by Gasteiger charge is 2.16. The number of hydrogen-bond donors (Lipinski definition) is 2. The summed E-state index contributed by atoms with van der Waals surface area (Å²) in [6, 6.07) is 12.1. The number of fused-ring (bicyclic) bond motifs is 1. The van der Waals surface area contributed by atoms with Crippen molar-refractivity contribution in [3.05, 3.63) is 54.3 Å². The Bertz CT molecular complexity index is 988. The Morgan fingerprint density at radius 1 is 1.20 bits per heavy atom. The molecular formula is C15H12FN3O3S3. The summed E-state index contributed by atoms with van der Waals surface area (Å²) in [5, 5.41) is 0. The molecule has 0 spiro atoms.